The van der Waals surface area contributed by atoms with Crippen LogP contribution in [-0.4, -0.2) is 58.6 Å². The van der Waals surface area contributed by atoms with Crippen molar-refractivity contribution in [1.82, 2.24) is 10.2 Å². The Kier molecular flexibility index (Phi) is 6.63. The molecule has 0 bridgehead atoms. The predicted molar refractivity (Wildman–Crippen MR) is 76.5 cm³/mol. The molecule has 8 heteroatoms. The fourth-order valence-corrected chi connectivity index (χ4v) is 2.79. The third-order valence-corrected chi connectivity index (χ3v) is 3.94. The van der Waals surface area contributed by atoms with Crippen LogP contribution < -0.4 is 11.1 Å². The quantitative estimate of drug-likeness (QED) is 0.650. The summed E-state index contributed by atoms with van der Waals surface area (Å²) in [5, 5.41) is 11.6. The zero-order chi connectivity index (χ0) is 15.1. The van der Waals surface area contributed by atoms with Crippen LogP contribution in [0.15, 0.2) is 0 Å². The van der Waals surface area contributed by atoms with Gasteiger partial charge in [0, 0.05) is 6.54 Å². The molecule has 1 rings (SSSR count). The summed E-state index contributed by atoms with van der Waals surface area (Å²) >= 11 is 1.55. The first-order valence-electron chi connectivity index (χ1n) is 6.55. The van der Waals surface area contributed by atoms with Gasteiger partial charge in [-0.3, -0.25) is 4.79 Å². The van der Waals surface area contributed by atoms with Crippen molar-refractivity contribution in [2.45, 2.75) is 37.8 Å². The number of piperidine rings is 1. The molecule has 1 aliphatic rings. The molecule has 0 aromatic rings. The highest BCUT2D eigenvalue weighted by Gasteiger charge is 2.35. The monoisotopic (exact) mass is 303 g/mol. The van der Waals surface area contributed by atoms with Gasteiger partial charge in [-0.05, 0) is 37.7 Å². The Morgan fingerprint density at radius 1 is 1.45 bits per heavy atom. The molecular formula is C12H21N3O4S. The van der Waals surface area contributed by atoms with Gasteiger partial charge in [0.05, 0.1) is 0 Å². The molecule has 114 valence electrons. The van der Waals surface area contributed by atoms with Crippen molar-refractivity contribution in [2.75, 3.05) is 18.6 Å². The van der Waals surface area contributed by atoms with Crippen LogP contribution in [0.1, 0.15) is 25.7 Å². The van der Waals surface area contributed by atoms with Gasteiger partial charge in [-0.1, -0.05) is 0 Å². The zero-order valence-electron chi connectivity index (χ0n) is 11.5. The first-order chi connectivity index (χ1) is 9.47. The van der Waals surface area contributed by atoms with Crippen LogP contribution in [0.25, 0.3) is 0 Å². The second-order valence-corrected chi connectivity index (χ2v) is 5.71. The SMILES string of the molecule is CSCCC(NC(N)=O)C(=O)N1CCCC[C@@H]1C(=O)O. The maximum atomic E-state index is 12.4. The lowest BCUT2D eigenvalue weighted by molar-refractivity contribution is -0.152. The lowest BCUT2D eigenvalue weighted by Crippen LogP contribution is -2.56. The van der Waals surface area contributed by atoms with Gasteiger partial charge < -0.3 is 21.1 Å². The number of nitrogens with one attached hydrogen (secondary N) is 1. The molecule has 1 aliphatic heterocycles. The lowest BCUT2D eigenvalue weighted by atomic mass is 10.0. The molecule has 0 spiro atoms. The van der Waals surface area contributed by atoms with Crippen molar-refractivity contribution in [2.24, 2.45) is 5.73 Å². The Morgan fingerprint density at radius 3 is 2.70 bits per heavy atom. The number of hydrogen-bond donors (Lipinski definition) is 3. The van der Waals surface area contributed by atoms with E-state index in [0.717, 1.165) is 12.8 Å². The number of likely N-dealkylation sites (tertiary alicyclic amines) is 1. The second kappa shape index (κ2) is 7.98. The number of rotatable bonds is 6. The number of urea groups is 1. The first kappa shape index (κ1) is 16.6. The van der Waals surface area contributed by atoms with Crippen LogP contribution in [-0.2, 0) is 9.59 Å². The van der Waals surface area contributed by atoms with Crippen LogP contribution in [0.2, 0.25) is 0 Å². The summed E-state index contributed by atoms with van der Waals surface area (Å²) in [5.41, 5.74) is 5.08. The fraction of sp³-hybridized carbons (Fsp3) is 0.750. The van der Waals surface area contributed by atoms with E-state index >= 15 is 0 Å². The largest absolute Gasteiger partial charge is 0.480 e. The Labute approximate surface area is 122 Å². The van der Waals surface area contributed by atoms with E-state index in [4.69, 9.17) is 5.73 Å². The van der Waals surface area contributed by atoms with Crippen LogP contribution in [0.4, 0.5) is 4.79 Å². The first-order valence-corrected chi connectivity index (χ1v) is 7.95. The van der Waals surface area contributed by atoms with E-state index in [1.807, 2.05) is 6.26 Å². The standard InChI is InChI=1S/C12H21N3O4S/c1-20-7-5-8(14-12(13)19)10(16)15-6-3-2-4-9(15)11(17)18/h8-9H,2-7H2,1H3,(H,17,18)(H3,13,14,19)/t8?,9-/m1/s1. The second-order valence-electron chi connectivity index (χ2n) is 4.72. The molecule has 1 heterocycles. The summed E-state index contributed by atoms with van der Waals surface area (Å²) < 4.78 is 0. The van der Waals surface area contributed by atoms with Gasteiger partial charge in [-0.15, -0.1) is 0 Å². The minimum atomic E-state index is -0.999. The summed E-state index contributed by atoms with van der Waals surface area (Å²) in [6.07, 6.45) is 4.35. The van der Waals surface area contributed by atoms with Crippen LogP contribution in [0.5, 0.6) is 0 Å². The molecule has 3 amide bonds. The number of nitrogens with two attached hydrogens (primary N) is 1. The highest BCUT2D eigenvalue weighted by Crippen LogP contribution is 2.19. The van der Waals surface area contributed by atoms with Crippen molar-refractivity contribution in [3.8, 4) is 0 Å². The number of carboxylic acids is 1. The number of carbonyl (C=O) groups excluding carboxylic acids is 2. The number of amides is 3. The molecule has 0 aromatic carbocycles. The average molecular weight is 303 g/mol. The van der Waals surface area contributed by atoms with Gasteiger partial charge in [0.2, 0.25) is 5.91 Å². The minimum absolute atomic E-state index is 0.357. The van der Waals surface area contributed by atoms with Gasteiger partial charge in [0.1, 0.15) is 12.1 Å². The van der Waals surface area contributed by atoms with Crippen molar-refractivity contribution < 1.29 is 19.5 Å². The zero-order valence-corrected chi connectivity index (χ0v) is 12.3. The Bertz CT molecular complexity index is 378. The van der Waals surface area contributed by atoms with Crippen molar-refractivity contribution in [1.29, 1.82) is 0 Å². The number of aliphatic carboxylic acids is 1. The summed E-state index contributed by atoms with van der Waals surface area (Å²) in [6.45, 7) is 0.409. The van der Waals surface area contributed by atoms with Crippen molar-refractivity contribution in [3.05, 3.63) is 0 Å². The van der Waals surface area contributed by atoms with E-state index in [-0.39, 0.29) is 5.91 Å². The molecule has 2 atom stereocenters. The normalized spacial score (nSPS) is 20.2. The molecule has 0 aromatic heterocycles. The molecule has 1 saturated heterocycles. The molecule has 20 heavy (non-hydrogen) atoms. The molecule has 1 unspecified atom stereocenters. The summed E-state index contributed by atoms with van der Waals surface area (Å²) in [7, 11) is 0. The van der Waals surface area contributed by atoms with Crippen molar-refractivity contribution in [3.63, 3.8) is 0 Å². The topological polar surface area (TPSA) is 113 Å². The number of nitrogens with zero attached hydrogens (tertiary/aromatic N) is 1. The van der Waals surface area contributed by atoms with E-state index in [1.165, 1.54) is 4.90 Å². The van der Waals surface area contributed by atoms with Gasteiger partial charge in [-0.25, -0.2) is 9.59 Å². The predicted octanol–water partition coefficient (Wildman–Crippen LogP) is 0.242. The summed E-state index contributed by atoms with van der Waals surface area (Å²) in [5.74, 6) is -0.673. The highest BCUT2D eigenvalue weighted by atomic mass is 32.2. The van der Waals surface area contributed by atoms with E-state index < -0.39 is 24.1 Å². The number of hydrogen-bond acceptors (Lipinski definition) is 4. The Balaban J connectivity index is 2.79. The number of thioether (sulfide) groups is 1. The van der Waals surface area contributed by atoms with Crippen molar-refractivity contribution >= 4 is 29.7 Å². The maximum Gasteiger partial charge on any atom is 0.326 e. The molecule has 4 N–H and O–H groups in total. The molecule has 0 saturated carbocycles. The van der Waals surface area contributed by atoms with E-state index in [0.29, 0.717) is 25.1 Å². The van der Waals surface area contributed by atoms with E-state index in [1.54, 1.807) is 11.8 Å². The molecular weight excluding hydrogens is 282 g/mol. The smallest absolute Gasteiger partial charge is 0.326 e. The number of carboxylic acid groups (broad SMARTS) is 1. The Morgan fingerprint density at radius 2 is 2.15 bits per heavy atom. The van der Waals surface area contributed by atoms with Gasteiger partial charge in [-0.2, -0.15) is 11.8 Å². The lowest BCUT2D eigenvalue weighted by Gasteiger charge is -2.35. The van der Waals surface area contributed by atoms with Gasteiger partial charge in [0.15, 0.2) is 0 Å². The van der Waals surface area contributed by atoms with E-state index in [2.05, 4.69) is 5.32 Å². The van der Waals surface area contributed by atoms with Gasteiger partial charge >= 0.3 is 12.0 Å². The molecule has 0 radical (unpaired) electrons. The molecule has 1 fully saturated rings. The van der Waals surface area contributed by atoms with Crippen LogP contribution >= 0.6 is 11.8 Å². The third kappa shape index (κ3) is 4.59. The molecule has 7 nitrogen and oxygen atoms in total. The van der Waals surface area contributed by atoms with Gasteiger partial charge in [0.25, 0.3) is 0 Å². The van der Waals surface area contributed by atoms with Crippen LogP contribution in [0, 0.1) is 0 Å². The van der Waals surface area contributed by atoms with E-state index in [9.17, 15) is 19.5 Å². The Hall–Kier alpha value is -1.44. The fourth-order valence-electron chi connectivity index (χ4n) is 2.32. The third-order valence-electron chi connectivity index (χ3n) is 3.30. The van der Waals surface area contributed by atoms with Crippen LogP contribution in [0.3, 0.4) is 0 Å². The number of carbonyl (C=O) groups is 3. The molecule has 0 aliphatic carbocycles. The summed E-state index contributed by atoms with van der Waals surface area (Å²) in [4.78, 5) is 36.0. The minimum Gasteiger partial charge on any atom is -0.480 e. The highest BCUT2D eigenvalue weighted by molar-refractivity contribution is 7.98. The summed E-state index contributed by atoms with van der Waals surface area (Å²) in [6, 6.07) is -2.32. The average Bonchev–Trinajstić information content (AvgIpc) is 2.42. The maximum absolute atomic E-state index is 12.4. The number of primary amides is 1.